The van der Waals surface area contributed by atoms with E-state index in [2.05, 4.69) is 28.9 Å². The van der Waals surface area contributed by atoms with E-state index in [9.17, 15) is 4.79 Å². The Morgan fingerprint density at radius 3 is 2.25 bits per heavy atom. The number of hydrogen-bond acceptors (Lipinski definition) is 4. The fourth-order valence-electron chi connectivity index (χ4n) is 2.42. The monoisotopic (exact) mass is 392 g/mol. The van der Waals surface area contributed by atoms with Gasteiger partial charge in [0.15, 0.2) is 17.8 Å². The zero-order valence-electron chi connectivity index (χ0n) is 14.3. The first-order valence-corrected chi connectivity index (χ1v) is 8.42. The van der Waals surface area contributed by atoms with Gasteiger partial charge in [0.1, 0.15) is 19.0 Å². The Morgan fingerprint density at radius 1 is 1.00 bits per heavy atom. The molecular formula is C19H21BrO4. The van der Waals surface area contributed by atoms with Gasteiger partial charge in [-0.3, -0.25) is 4.79 Å². The predicted octanol–water partition coefficient (Wildman–Crippen LogP) is 4.65. The summed E-state index contributed by atoms with van der Waals surface area (Å²) in [5, 5.41) is 0. The minimum Gasteiger partial charge on any atom is -0.493 e. The summed E-state index contributed by atoms with van der Waals surface area (Å²) in [7, 11) is 1.54. The van der Waals surface area contributed by atoms with E-state index in [4.69, 9.17) is 14.2 Å². The second-order valence-electron chi connectivity index (χ2n) is 5.49. The average molecular weight is 393 g/mol. The lowest BCUT2D eigenvalue weighted by Gasteiger charge is -2.16. The zero-order valence-corrected chi connectivity index (χ0v) is 15.9. The van der Waals surface area contributed by atoms with Crippen LogP contribution >= 0.6 is 15.9 Å². The Balaban J connectivity index is 2.06. The molecule has 0 aliphatic rings. The van der Waals surface area contributed by atoms with Crippen LogP contribution in [-0.2, 0) is 0 Å². The molecule has 5 heteroatoms. The van der Waals surface area contributed by atoms with Crippen LogP contribution in [0.5, 0.6) is 17.2 Å². The van der Waals surface area contributed by atoms with Gasteiger partial charge in [-0.15, -0.1) is 0 Å². The molecule has 0 aromatic heterocycles. The van der Waals surface area contributed by atoms with Crippen molar-refractivity contribution < 1.29 is 19.0 Å². The van der Waals surface area contributed by atoms with Crippen molar-refractivity contribution in [1.29, 1.82) is 0 Å². The molecule has 0 spiro atoms. The lowest BCUT2D eigenvalue weighted by atomic mass is 10.1. The second kappa shape index (κ2) is 8.20. The molecule has 0 radical (unpaired) electrons. The molecule has 0 amide bonds. The van der Waals surface area contributed by atoms with Crippen molar-refractivity contribution in [3.8, 4) is 17.2 Å². The summed E-state index contributed by atoms with van der Waals surface area (Å²) in [4.78, 5) is 11.2. The number of ether oxygens (including phenoxy) is 3. The summed E-state index contributed by atoms with van der Waals surface area (Å²) in [5.41, 5.74) is 3.84. The van der Waals surface area contributed by atoms with Crippen molar-refractivity contribution >= 4 is 22.2 Å². The van der Waals surface area contributed by atoms with Gasteiger partial charge in [0.25, 0.3) is 0 Å². The van der Waals surface area contributed by atoms with Crippen LogP contribution in [-0.4, -0.2) is 26.6 Å². The summed E-state index contributed by atoms with van der Waals surface area (Å²) >= 11 is 3.34. The van der Waals surface area contributed by atoms with Crippen LogP contribution in [0.3, 0.4) is 0 Å². The van der Waals surface area contributed by atoms with E-state index in [0.717, 1.165) is 27.6 Å². The molecule has 0 aliphatic carbocycles. The van der Waals surface area contributed by atoms with Gasteiger partial charge < -0.3 is 14.2 Å². The number of rotatable bonds is 7. The molecule has 0 aliphatic heterocycles. The topological polar surface area (TPSA) is 44.8 Å². The standard InChI is InChI=1S/C19H21BrO4/c1-12-5-6-13(2)18(14(12)3)23-7-8-24-19-15(11-21)9-16(20)10-17(19)22-4/h5-6,9-11H,7-8H2,1-4H3. The lowest BCUT2D eigenvalue weighted by molar-refractivity contribution is 0.111. The average Bonchev–Trinajstić information content (AvgIpc) is 2.57. The maximum atomic E-state index is 11.2. The Kier molecular flexibility index (Phi) is 6.26. The van der Waals surface area contributed by atoms with Crippen LogP contribution in [0.25, 0.3) is 0 Å². The van der Waals surface area contributed by atoms with Gasteiger partial charge >= 0.3 is 0 Å². The number of halogens is 1. The largest absolute Gasteiger partial charge is 0.493 e. The Labute approximate surface area is 150 Å². The summed E-state index contributed by atoms with van der Waals surface area (Å²) < 4.78 is 17.7. The molecule has 0 N–H and O–H groups in total. The van der Waals surface area contributed by atoms with Crippen LogP contribution < -0.4 is 14.2 Å². The minimum atomic E-state index is 0.311. The van der Waals surface area contributed by atoms with Gasteiger partial charge in [-0.2, -0.15) is 0 Å². The van der Waals surface area contributed by atoms with E-state index in [1.165, 1.54) is 5.56 Å². The number of hydrogen-bond donors (Lipinski definition) is 0. The lowest BCUT2D eigenvalue weighted by Crippen LogP contribution is -2.12. The summed E-state index contributed by atoms with van der Waals surface area (Å²) in [5.74, 6) is 1.82. The van der Waals surface area contributed by atoms with Crippen LogP contribution in [0.2, 0.25) is 0 Å². The number of aldehydes is 1. The third kappa shape index (κ3) is 4.09. The second-order valence-corrected chi connectivity index (χ2v) is 6.41. The molecule has 0 atom stereocenters. The fraction of sp³-hybridized carbons (Fsp3) is 0.316. The maximum Gasteiger partial charge on any atom is 0.171 e. The van der Waals surface area contributed by atoms with Gasteiger partial charge in [0.05, 0.1) is 12.7 Å². The quantitative estimate of drug-likeness (QED) is 0.507. The van der Waals surface area contributed by atoms with Crippen LogP contribution in [0, 0.1) is 20.8 Å². The van der Waals surface area contributed by atoms with E-state index in [1.807, 2.05) is 19.9 Å². The van der Waals surface area contributed by atoms with E-state index in [-0.39, 0.29) is 0 Å². The van der Waals surface area contributed by atoms with E-state index >= 15 is 0 Å². The molecule has 128 valence electrons. The summed E-state index contributed by atoms with van der Waals surface area (Å²) in [6.07, 6.45) is 0.748. The molecule has 24 heavy (non-hydrogen) atoms. The molecule has 0 unspecified atom stereocenters. The van der Waals surface area contributed by atoms with Crippen LogP contribution in [0.15, 0.2) is 28.7 Å². The highest BCUT2D eigenvalue weighted by atomic mass is 79.9. The first kappa shape index (κ1) is 18.3. The van der Waals surface area contributed by atoms with E-state index < -0.39 is 0 Å². The van der Waals surface area contributed by atoms with Crippen molar-refractivity contribution in [3.05, 3.63) is 51.0 Å². The zero-order chi connectivity index (χ0) is 17.7. The summed E-state index contributed by atoms with van der Waals surface area (Å²) in [6, 6.07) is 7.58. The molecule has 4 nitrogen and oxygen atoms in total. The van der Waals surface area contributed by atoms with Gasteiger partial charge in [-0.25, -0.2) is 0 Å². The maximum absolute atomic E-state index is 11.2. The van der Waals surface area contributed by atoms with Gasteiger partial charge in [0.2, 0.25) is 0 Å². The third-order valence-corrected chi connectivity index (χ3v) is 4.30. The number of carbonyl (C=O) groups is 1. The minimum absolute atomic E-state index is 0.311. The van der Waals surface area contributed by atoms with Gasteiger partial charge in [-0.05, 0) is 49.6 Å². The Morgan fingerprint density at radius 2 is 1.62 bits per heavy atom. The number of benzene rings is 2. The number of aryl methyl sites for hydroxylation is 2. The molecule has 2 rings (SSSR count). The first-order valence-electron chi connectivity index (χ1n) is 7.63. The van der Waals surface area contributed by atoms with Gasteiger partial charge in [-0.1, -0.05) is 28.1 Å². The Hall–Kier alpha value is -2.01. The molecule has 2 aromatic rings. The van der Waals surface area contributed by atoms with Crippen LogP contribution in [0.1, 0.15) is 27.0 Å². The fourth-order valence-corrected chi connectivity index (χ4v) is 2.87. The molecule has 0 fully saturated rings. The van der Waals surface area contributed by atoms with E-state index in [1.54, 1.807) is 19.2 Å². The van der Waals surface area contributed by atoms with Crippen molar-refractivity contribution in [3.63, 3.8) is 0 Å². The van der Waals surface area contributed by atoms with Crippen molar-refractivity contribution in [2.45, 2.75) is 20.8 Å². The van der Waals surface area contributed by atoms with Crippen molar-refractivity contribution in [1.82, 2.24) is 0 Å². The van der Waals surface area contributed by atoms with Crippen LogP contribution in [0.4, 0.5) is 0 Å². The highest BCUT2D eigenvalue weighted by molar-refractivity contribution is 9.10. The predicted molar refractivity (Wildman–Crippen MR) is 97.7 cm³/mol. The summed E-state index contributed by atoms with van der Waals surface area (Å²) in [6.45, 7) is 6.81. The molecule has 0 saturated carbocycles. The molecule has 0 heterocycles. The third-order valence-electron chi connectivity index (χ3n) is 3.84. The highest BCUT2D eigenvalue weighted by Crippen LogP contribution is 2.34. The number of methoxy groups -OCH3 is 1. The molecular weight excluding hydrogens is 372 g/mol. The smallest absolute Gasteiger partial charge is 0.171 e. The molecule has 0 saturated heterocycles. The van der Waals surface area contributed by atoms with Crippen molar-refractivity contribution in [2.75, 3.05) is 20.3 Å². The highest BCUT2D eigenvalue weighted by Gasteiger charge is 2.13. The first-order chi connectivity index (χ1) is 11.5. The Bertz CT molecular complexity index is 741. The molecule has 0 bridgehead atoms. The normalized spacial score (nSPS) is 10.4. The van der Waals surface area contributed by atoms with Crippen molar-refractivity contribution in [2.24, 2.45) is 0 Å². The molecule has 2 aromatic carbocycles. The SMILES string of the molecule is COc1cc(Br)cc(C=O)c1OCCOc1c(C)ccc(C)c1C. The number of carbonyl (C=O) groups excluding carboxylic acids is 1. The van der Waals surface area contributed by atoms with E-state index in [0.29, 0.717) is 30.3 Å². The van der Waals surface area contributed by atoms with Gasteiger partial charge in [0, 0.05) is 4.47 Å².